The molecule has 7 heteroatoms. The van der Waals surface area contributed by atoms with Crippen LogP contribution in [0.5, 0.6) is 0 Å². The van der Waals surface area contributed by atoms with E-state index >= 15 is 0 Å². The number of piperazine rings is 1. The van der Waals surface area contributed by atoms with Gasteiger partial charge in [-0.25, -0.2) is 14.6 Å². The number of fused-ring (bicyclic) bond motifs is 1. The van der Waals surface area contributed by atoms with Crippen molar-refractivity contribution >= 4 is 22.8 Å². The molecular formula is C31H30N6O. The fourth-order valence-electron chi connectivity index (χ4n) is 5.04. The zero-order chi connectivity index (χ0) is 26.1. The van der Waals surface area contributed by atoms with Crippen molar-refractivity contribution in [2.24, 2.45) is 0 Å². The molecule has 3 heterocycles. The number of benzene rings is 3. The largest absolute Gasteiger partial charge is 0.352 e. The van der Waals surface area contributed by atoms with E-state index in [2.05, 4.69) is 36.1 Å². The maximum Gasteiger partial charge on any atom is 0.253 e. The molecule has 1 aliphatic rings. The number of aromatic nitrogens is 4. The molecule has 5 aromatic rings. The van der Waals surface area contributed by atoms with Crippen LogP contribution in [-0.2, 0) is 6.42 Å². The van der Waals surface area contributed by atoms with Crippen LogP contribution in [0, 0.1) is 13.8 Å². The van der Waals surface area contributed by atoms with E-state index in [-0.39, 0.29) is 5.91 Å². The Morgan fingerprint density at radius 2 is 1.45 bits per heavy atom. The van der Waals surface area contributed by atoms with Gasteiger partial charge in [0.1, 0.15) is 11.6 Å². The number of amides is 1. The second-order valence-electron chi connectivity index (χ2n) is 9.80. The molecule has 0 bridgehead atoms. The van der Waals surface area contributed by atoms with Crippen LogP contribution in [0.25, 0.3) is 16.7 Å². The topological polar surface area (TPSA) is 67.2 Å². The van der Waals surface area contributed by atoms with E-state index in [0.717, 1.165) is 39.6 Å². The number of aryl methyl sites for hydroxylation is 2. The molecule has 190 valence electrons. The summed E-state index contributed by atoms with van der Waals surface area (Å²) in [4.78, 5) is 27.3. The van der Waals surface area contributed by atoms with Gasteiger partial charge in [-0.15, -0.1) is 0 Å². The van der Waals surface area contributed by atoms with E-state index in [1.165, 1.54) is 11.1 Å². The molecule has 1 aliphatic heterocycles. The number of carbonyl (C=O) groups is 1. The lowest BCUT2D eigenvalue weighted by atomic mass is 10.1. The third-order valence-corrected chi connectivity index (χ3v) is 7.10. The van der Waals surface area contributed by atoms with Crippen molar-refractivity contribution < 1.29 is 4.79 Å². The first kappa shape index (κ1) is 23.9. The van der Waals surface area contributed by atoms with E-state index in [4.69, 9.17) is 15.1 Å². The number of para-hydroxylation sites is 1. The highest BCUT2D eigenvalue weighted by atomic mass is 16.2. The summed E-state index contributed by atoms with van der Waals surface area (Å²) in [7, 11) is 0. The first-order valence-electron chi connectivity index (χ1n) is 13.0. The summed E-state index contributed by atoms with van der Waals surface area (Å²) in [5.74, 6) is 1.73. The lowest BCUT2D eigenvalue weighted by Gasteiger charge is -2.35. The number of carbonyl (C=O) groups excluding carboxylic acids is 1. The Labute approximate surface area is 222 Å². The van der Waals surface area contributed by atoms with Crippen LogP contribution < -0.4 is 4.90 Å². The van der Waals surface area contributed by atoms with Crippen LogP contribution in [0.2, 0.25) is 0 Å². The van der Waals surface area contributed by atoms with Crippen LogP contribution in [0.4, 0.5) is 5.82 Å². The summed E-state index contributed by atoms with van der Waals surface area (Å²) in [6, 6.07) is 28.1. The SMILES string of the molecule is Cc1ccc(Cc2nc(N3CCN(C(=O)c4ccccc4)CC3)c3c(C)nn(-c4ccccc4)c3n2)cc1. The van der Waals surface area contributed by atoms with Crippen LogP contribution in [-0.4, -0.2) is 56.7 Å². The summed E-state index contributed by atoms with van der Waals surface area (Å²) in [5.41, 5.74) is 5.79. The maximum absolute atomic E-state index is 13.0. The smallest absolute Gasteiger partial charge is 0.253 e. The van der Waals surface area contributed by atoms with Gasteiger partial charge in [0.15, 0.2) is 5.65 Å². The Kier molecular flexibility index (Phi) is 6.33. The summed E-state index contributed by atoms with van der Waals surface area (Å²) >= 11 is 0. The number of hydrogen-bond acceptors (Lipinski definition) is 5. The van der Waals surface area contributed by atoms with Gasteiger partial charge >= 0.3 is 0 Å². The molecule has 0 atom stereocenters. The third kappa shape index (κ3) is 4.63. The highest BCUT2D eigenvalue weighted by Gasteiger charge is 2.27. The van der Waals surface area contributed by atoms with Crippen LogP contribution >= 0.6 is 0 Å². The highest BCUT2D eigenvalue weighted by molar-refractivity contribution is 5.95. The second-order valence-corrected chi connectivity index (χ2v) is 9.80. The molecule has 1 saturated heterocycles. The molecule has 1 amide bonds. The Morgan fingerprint density at radius 3 is 2.13 bits per heavy atom. The summed E-state index contributed by atoms with van der Waals surface area (Å²) in [6.45, 7) is 6.78. The van der Waals surface area contributed by atoms with Gasteiger partial charge in [0.05, 0.1) is 16.8 Å². The van der Waals surface area contributed by atoms with Crippen molar-refractivity contribution in [3.8, 4) is 5.69 Å². The molecule has 7 nitrogen and oxygen atoms in total. The van der Waals surface area contributed by atoms with E-state index < -0.39 is 0 Å². The molecule has 38 heavy (non-hydrogen) atoms. The van der Waals surface area contributed by atoms with Crippen molar-refractivity contribution in [2.75, 3.05) is 31.1 Å². The molecule has 0 radical (unpaired) electrons. The molecule has 0 spiro atoms. The summed E-state index contributed by atoms with van der Waals surface area (Å²) in [6.07, 6.45) is 0.634. The number of anilines is 1. The van der Waals surface area contributed by atoms with Gasteiger partial charge in [0.2, 0.25) is 0 Å². The number of nitrogens with zero attached hydrogens (tertiary/aromatic N) is 6. The van der Waals surface area contributed by atoms with E-state index in [1.54, 1.807) is 0 Å². The van der Waals surface area contributed by atoms with Crippen molar-refractivity contribution in [3.63, 3.8) is 0 Å². The summed E-state index contributed by atoms with van der Waals surface area (Å²) < 4.78 is 1.92. The fraction of sp³-hybridized carbons (Fsp3) is 0.226. The van der Waals surface area contributed by atoms with Crippen LogP contribution in [0.3, 0.4) is 0 Å². The minimum Gasteiger partial charge on any atom is -0.352 e. The predicted molar refractivity (Wildman–Crippen MR) is 150 cm³/mol. The quantitative estimate of drug-likeness (QED) is 0.339. The molecular weight excluding hydrogens is 472 g/mol. The fourth-order valence-corrected chi connectivity index (χ4v) is 5.04. The van der Waals surface area contributed by atoms with Crippen molar-refractivity contribution in [3.05, 3.63) is 113 Å². The van der Waals surface area contributed by atoms with Crippen molar-refractivity contribution in [2.45, 2.75) is 20.3 Å². The predicted octanol–water partition coefficient (Wildman–Crippen LogP) is 4.99. The Hall–Kier alpha value is -4.52. The molecule has 0 N–H and O–H groups in total. The minimum atomic E-state index is 0.0752. The average molecular weight is 503 g/mol. The highest BCUT2D eigenvalue weighted by Crippen LogP contribution is 2.30. The minimum absolute atomic E-state index is 0.0752. The Bertz CT molecular complexity index is 1570. The zero-order valence-corrected chi connectivity index (χ0v) is 21.7. The van der Waals surface area contributed by atoms with E-state index in [9.17, 15) is 4.79 Å². The van der Waals surface area contributed by atoms with Gasteiger partial charge in [-0.2, -0.15) is 5.10 Å². The van der Waals surface area contributed by atoms with Gasteiger partial charge in [-0.3, -0.25) is 4.79 Å². The average Bonchev–Trinajstić information content (AvgIpc) is 3.30. The van der Waals surface area contributed by atoms with Gasteiger partial charge < -0.3 is 9.80 Å². The Morgan fingerprint density at radius 1 is 0.789 bits per heavy atom. The van der Waals surface area contributed by atoms with Gasteiger partial charge in [0.25, 0.3) is 5.91 Å². The molecule has 1 fully saturated rings. The lowest BCUT2D eigenvalue weighted by Crippen LogP contribution is -2.49. The van der Waals surface area contributed by atoms with E-state index in [0.29, 0.717) is 32.6 Å². The standard InChI is InChI=1S/C31H30N6O/c1-22-13-15-24(16-14-22)21-27-32-29(28-23(2)34-37(30(28)33-27)26-11-7-4-8-12-26)35-17-19-36(20-18-35)31(38)25-9-5-3-6-10-25/h3-16H,17-21H2,1-2H3. The lowest BCUT2D eigenvalue weighted by molar-refractivity contribution is 0.0746. The molecule has 0 aliphatic carbocycles. The normalized spacial score (nSPS) is 13.7. The third-order valence-electron chi connectivity index (χ3n) is 7.10. The van der Waals surface area contributed by atoms with Gasteiger partial charge in [-0.1, -0.05) is 66.2 Å². The zero-order valence-electron chi connectivity index (χ0n) is 21.7. The first-order chi connectivity index (χ1) is 18.6. The molecule has 3 aromatic carbocycles. The van der Waals surface area contributed by atoms with Gasteiger partial charge in [-0.05, 0) is 43.7 Å². The van der Waals surface area contributed by atoms with Gasteiger partial charge in [0, 0.05) is 38.2 Å². The Balaban J connectivity index is 1.37. The second kappa shape index (κ2) is 10.1. The molecule has 0 saturated carbocycles. The maximum atomic E-state index is 13.0. The van der Waals surface area contributed by atoms with Crippen LogP contribution in [0.15, 0.2) is 84.9 Å². The summed E-state index contributed by atoms with van der Waals surface area (Å²) in [5, 5.41) is 5.84. The molecule has 6 rings (SSSR count). The van der Waals surface area contributed by atoms with E-state index in [1.807, 2.05) is 77.2 Å². The number of hydrogen-bond donors (Lipinski definition) is 0. The molecule has 2 aromatic heterocycles. The van der Waals surface area contributed by atoms with Crippen molar-refractivity contribution in [1.82, 2.24) is 24.6 Å². The number of rotatable bonds is 5. The van der Waals surface area contributed by atoms with Crippen LogP contribution in [0.1, 0.15) is 33.0 Å². The first-order valence-corrected chi connectivity index (χ1v) is 13.0. The molecule has 0 unspecified atom stereocenters. The monoisotopic (exact) mass is 502 g/mol. The van der Waals surface area contributed by atoms with Crippen molar-refractivity contribution in [1.29, 1.82) is 0 Å².